The molecule has 2 aliphatic heterocycles. The van der Waals surface area contributed by atoms with Gasteiger partial charge in [0.1, 0.15) is 0 Å². The predicted molar refractivity (Wildman–Crippen MR) is 60.4 cm³/mol. The highest BCUT2D eigenvalue weighted by atomic mass is 15.2. The van der Waals surface area contributed by atoms with Gasteiger partial charge in [0.05, 0.1) is 0 Å². The lowest BCUT2D eigenvalue weighted by molar-refractivity contribution is 0.208. The van der Waals surface area contributed by atoms with E-state index in [2.05, 4.69) is 24.1 Å². The first-order valence-electron chi connectivity index (χ1n) is 6.29. The van der Waals surface area contributed by atoms with Crippen molar-refractivity contribution in [3.63, 3.8) is 0 Å². The van der Waals surface area contributed by atoms with Gasteiger partial charge in [-0.05, 0) is 37.8 Å². The minimum atomic E-state index is 0.866. The molecule has 0 bridgehead atoms. The quantitative estimate of drug-likeness (QED) is 0.736. The maximum atomic E-state index is 3.51. The summed E-state index contributed by atoms with van der Waals surface area (Å²) < 4.78 is 0. The fraction of sp³-hybridized carbons (Fsp3) is 1.00. The molecule has 14 heavy (non-hydrogen) atoms. The van der Waals surface area contributed by atoms with E-state index in [9.17, 15) is 0 Å². The van der Waals surface area contributed by atoms with Crippen molar-refractivity contribution in [2.45, 2.75) is 39.2 Å². The molecular formula is C12H24N2. The first kappa shape index (κ1) is 10.4. The summed E-state index contributed by atoms with van der Waals surface area (Å²) in [5.74, 6) is 1.92. The van der Waals surface area contributed by atoms with Crippen molar-refractivity contribution < 1.29 is 0 Å². The van der Waals surface area contributed by atoms with Gasteiger partial charge in [-0.2, -0.15) is 0 Å². The highest BCUT2D eigenvalue weighted by Crippen LogP contribution is 2.29. The van der Waals surface area contributed by atoms with Crippen LogP contribution in [0.25, 0.3) is 0 Å². The van der Waals surface area contributed by atoms with E-state index in [0.717, 1.165) is 17.9 Å². The molecule has 0 aromatic carbocycles. The first-order valence-corrected chi connectivity index (χ1v) is 6.29. The summed E-state index contributed by atoms with van der Waals surface area (Å²) >= 11 is 0. The zero-order valence-electron chi connectivity index (χ0n) is 9.63. The Balaban J connectivity index is 1.87. The van der Waals surface area contributed by atoms with Gasteiger partial charge >= 0.3 is 0 Å². The van der Waals surface area contributed by atoms with Crippen molar-refractivity contribution in [1.82, 2.24) is 10.2 Å². The molecule has 0 saturated carbocycles. The second-order valence-electron chi connectivity index (χ2n) is 4.98. The van der Waals surface area contributed by atoms with Crippen LogP contribution < -0.4 is 5.32 Å². The monoisotopic (exact) mass is 196 g/mol. The fourth-order valence-corrected chi connectivity index (χ4v) is 3.17. The summed E-state index contributed by atoms with van der Waals surface area (Å²) in [7, 11) is 0. The van der Waals surface area contributed by atoms with Gasteiger partial charge in [0, 0.05) is 19.1 Å². The molecule has 1 unspecified atom stereocenters. The van der Waals surface area contributed by atoms with Gasteiger partial charge in [-0.25, -0.2) is 0 Å². The van der Waals surface area contributed by atoms with Crippen molar-refractivity contribution >= 4 is 0 Å². The lowest BCUT2D eigenvalue weighted by Gasteiger charge is -2.27. The Hall–Kier alpha value is -0.0800. The van der Waals surface area contributed by atoms with Crippen molar-refractivity contribution in [1.29, 1.82) is 0 Å². The third-order valence-electron chi connectivity index (χ3n) is 4.03. The molecule has 2 aliphatic rings. The standard InChI is InChI=1S/C12H24N2/c1-3-5-12(4-2)14-8-10-6-13-7-11(10)9-14/h10-13H,3-9H2,1-2H3/t10-,11+,12?. The molecule has 2 rings (SSSR count). The summed E-state index contributed by atoms with van der Waals surface area (Å²) in [4.78, 5) is 2.75. The summed E-state index contributed by atoms with van der Waals surface area (Å²) in [6.07, 6.45) is 4.06. The van der Waals surface area contributed by atoms with Crippen LogP contribution in [0.1, 0.15) is 33.1 Å². The van der Waals surface area contributed by atoms with Crippen LogP contribution >= 0.6 is 0 Å². The molecule has 2 nitrogen and oxygen atoms in total. The molecule has 0 aromatic heterocycles. The zero-order chi connectivity index (χ0) is 9.97. The van der Waals surface area contributed by atoms with Crippen LogP contribution in [0.3, 0.4) is 0 Å². The highest BCUT2D eigenvalue weighted by Gasteiger charge is 2.37. The van der Waals surface area contributed by atoms with Crippen LogP contribution in [-0.2, 0) is 0 Å². The largest absolute Gasteiger partial charge is 0.316 e. The van der Waals surface area contributed by atoms with Crippen LogP contribution in [0.5, 0.6) is 0 Å². The number of likely N-dealkylation sites (tertiary alicyclic amines) is 1. The lowest BCUT2D eigenvalue weighted by Crippen LogP contribution is -2.35. The second kappa shape index (κ2) is 4.63. The molecule has 2 fully saturated rings. The van der Waals surface area contributed by atoms with Gasteiger partial charge in [0.2, 0.25) is 0 Å². The minimum Gasteiger partial charge on any atom is -0.316 e. The van der Waals surface area contributed by atoms with Gasteiger partial charge in [-0.15, -0.1) is 0 Å². The van der Waals surface area contributed by atoms with Gasteiger partial charge in [-0.1, -0.05) is 20.3 Å². The molecule has 2 heteroatoms. The van der Waals surface area contributed by atoms with Crippen molar-refractivity contribution in [3.8, 4) is 0 Å². The summed E-state index contributed by atoms with van der Waals surface area (Å²) in [5.41, 5.74) is 0. The first-order chi connectivity index (χ1) is 6.85. The molecule has 3 atom stereocenters. The predicted octanol–water partition coefficient (Wildman–Crippen LogP) is 1.72. The van der Waals surface area contributed by atoms with E-state index in [4.69, 9.17) is 0 Å². The molecule has 2 saturated heterocycles. The van der Waals surface area contributed by atoms with Gasteiger partial charge in [0.25, 0.3) is 0 Å². The van der Waals surface area contributed by atoms with Crippen LogP contribution in [0.2, 0.25) is 0 Å². The minimum absolute atomic E-state index is 0.866. The molecule has 0 aromatic rings. The number of nitrogens with zero attached hydrogens (tertiary/aromatic N) is 1. The van der Waals surface area contributed by atoms with Crippen molar-refractivity contribution in [2.24, 2.45) is 11.8 Å². The van der Waals surface area contributed by atoms with Gasteiger partial charge < -0.3 is 5.32 Å². The normalized spacial score (nSPS) is 34.7. The Morgan fingerprint density at radius 2 is 1.86 bits per heavy atom. The van der Waals surface area contributed by atoms with E-state index in [1.807, 2.05) is 0 Å². The Bertz CT molecular complexity index is 169. The highest BCUT2D eigenvalue weighted by molar-refractivity contribution is 4.93. The topological polar surface area (TPSA) is 15.3 Å². The Morgan fingerprint density at radius 3 is 2.36 bits per heavy atom. The zero-order valence-corrected chi connectivity index (χ0v) is 9.63. The number of hydrogen-bond acceptors (Lipinski definition) is 2. The average molecular weight is 196 g/mol. The summed E-state index contributed by atoms with van der Waals surface area (Å²) in [5, 5.41) is 3.51. The molecule has 0 amide bonds. The SMILES string of the molecule is CCCC(CC)N1C[C@H]2CNC[C@H]2C1. The van der Waals surface area contributed by atoms with E-state index >= 15 is 0 Å². The maximum absolute atomic E-state index is 3.51. The molecule has 0 aliphatic carbocycles. The molecule has 1 N–H and O–H groups in total. The third kappa shape index (κ3) is 1.96. The number of rotatable bonds is 4. The Morgan fingerprint density at radius 1 is 1.21 bits per heavy atom. The third-order valence-corrected chi connectivity index (χ3v) is 4.03. The van der Waals surface area contributed by atoms with Crippen LogP contribution in [-0.4, -0.2) is 37.1 Å². The van der Waals surface area contributed by atoms with E-state index < -0.39 is 0 Å². The van der Waals surface area contributed by atoms with Gasteiger partial charge in [-0.3, -0.25) is 4.90 Å². The van der Waals surface area contributed by atoms with E-state index in [1.54, 1.807) is 0 Å². The molecule has 0 radical (unpaired) electrons. The second-order valence-corrected chi connectivity index (χ2v) is 4.98. The van der Waals surface area contributed by atoms with Crippen LogP contribution in [0.15, 0.2) is 0 Å². The molecule has 0 spiro atoms. The van der Waals surface area contributed by atoms with Crippen LogP contribution in [0.4, 0.5) is 0 Å². The van der Waals surface area contributed by atoms with Crippen molar-refractivity contribution in [2.75, 3.05) is 26.2 Å². The van der Waals surface area contributed by atoms with E-state index in [-0.39, 0.29) is 0 Å². The molecule has 2 heterocycles. The van der Waals surface area contributed by atoms with E-state index in [1.165, 1.54) is 45.4 Å². The lowest BCUT2D eigenvalue weighted by atomic mass is 10.0. The summed E-state index contributed by atoms with van der Waals surface area (Å²) in [6, 6.07) is 0.866. The Kier molecular flexibility index (Phi) is 3.45. The summed E-state index contributed by atoms with van der Waals surface area (Å²) in [6.45, 7) is 9.90. The Labute approximate surface area is 88.1 Å². The maximum Gasteiger partial charge on any atom is 0.00927 e. The number of fused-ring (bicyclic) bond motifs is 1. The molecule has 82 valence electrons. The van der Waals surface area contributed by atoms with Crippen molar-refractivity contribution in [3.05, 3.63) is 0 Å². The van der Waals surface area contributed by atoms with Gasteiger partial charge in [0.15, 0.2) is 0 Å². The fourth-order valence-electron chi connectivity index (χ4n) is 3.17. The number of nitrogens with one attached hydrogen (secondary N) is 1. The average Bonchev–Trinajstić information content (AvgIpc) is 2.73. The van der Waals surface area contributed by atoms with Crippen LogP contribution in [0, 0.1) is 11.8 Å². The smallest absolute Gasteiger partial charge is 0.00927 e. The number of hydrogen-bond donors (Lipinski definition) is 1. The molecular weight excluding hydrogens is 172 g/mol. The van der Waals surface area contributed by atoms with E-state index in [0.29, 0.717) is 0 Å².